The van der Waals surface area contributed by atoms with E-state index in [0.717, 1.165) is 19.6 Å². The predicted molar refractivity (Wildman–Crippen MR) is 92.8 cm³/mol. The molecule has 1 unspecified atom stereocenters. The molecule has 1 N–H and O–H groups in total. The van der Waals surface area contributed by atoms with E-state index in [1.54, 1.807) is 10.9 Å². The molecule has 0 aromatic carbocycles. The van der Waals surface area contributed by atoms with E-state index >= 15 is 0 Å². The first-order chi connectivity index (χ1) is 11.8. The highest BCUT2D eigenvalue weighted by Crippen LogP contribution is 2.27. The van der Waals surface area contributed by atoms with Gasteiger partial charge < -0.3 is 5.32 Å². The predicted octanol–water partition coefficient (Wildman–Crippen LogP) is 2.14. The van der Waals surface area contributed by atoms with Gasteiger partial charge in [0.2, 0.25) is 0 Å². The number of rotatable bonds is 4. The molecule has 1 amide bonds. The first kappa shape index (κ1) is 15.8. The second kappa shape index (κ2) is 7.03. The van der Waals surface area contributed by atoms with E-state index < -0.39 is 0 Å². The van der Waals surface area contributed by atoms with Gasteiger partial charge in [-0.3, -0.25) is 14.4 Å². The van der Waals surface area contributed by atoms with Crippen molar-refractivity contribution >= 4 is 17.2 Å². The van der Waals surface area contributed by atoms with Gasteiger partial charge in [0.15, 0.2) is 0 Å². The van der Waals surface area contributed by atoms with Crippen LogP contribution in [0.15, 0.2) is 23.2 Å². The lowest BCUT2D eigenvalue weighted by molar-refractivity contribution is 0.0932. The molecule has 2 aliphatic rings. The van der Waals surface area contributed by atoms with E-state index in [0.29, 0.717) is 24.2 Å². The fourth-order valence-corrected chi connectivity index (χ4v) is 4.43. The number of hydrogen-bond acceptors (Lipinski definition) is 5. The van der Waals surface area contributed by atoms with Gasteiger partial charge in [-0.1, -0.05) is 12.8 Å². The zero-order valence-electron chi connectivity index (χ0n) is 13.7. The number of nitrogens with zero attached hydrogens (tertiary/aromatic N) is 4. The molecule has 2 aromatic heterocycles. The van der Waals surface area contributed by atoms with Crippen LogP contribution in [0.2, 0.25) is 0 Å². The molecule has 2 aromatic rings. The highest BCUT2D eigenvalue weighted by molar-refractivity contribution is 7.07. The Bertz CT molecular complexity index is 677. The van der Waals surface area contributed by atoms with Gasteiger partial charge in [0, 0.05) is 49.7 Å². The number of carbonyl (C=O) groups excluding carboxylic acids is 1. The van der Waals surface area contributed by atoms with Crippen LogP contribution in [-0.2, 0) is 13.1 Å². The third kappa shape index (κ3) is 3.37. The number of carbonyl (C=O) groups is 1. The van der Waals surface area contributed by atoms with Crippen LogP contribution in [0.25, 0.3) is 0 Å². The van der Waals surface area contributed by atoms with Crippen LogP contribution < -0.4 is 5.32 Å². The Hall–Kier alpha value is -1.73. The number of thiazole rings is 1. The number of amides is 1. The average molecular weight is 345 g/mol. The molecule has 3 heterocycles. The minimum atomic E-state index is -0.0754. The summed E-state index contributed by atoms with van der Waals surface area (Å²) in [5.41, 5.74) is 3.49. The van der Waals surface area contributed by atoms with E-state index in [4.69, 9.17) is 0 Å². The Labute approximate surface area is 145 Å². The average Bonchev–Trinajstić information content (AvgIpc) is 3.33. The number of aromatic nitrogens is 3. The number of nitrogens with one attached hydrogen (secondary N) is 1. The van der Waals surface area contributed by atoms with Gasteiger partial charge in [0.05, 0.1) is 11.2 Å². The smallest absolute Gasteiger partial charge is 0.270 e. The monoisotopic (exact) mass is 345 g/mol. The molecule has 24 heavy (non-hydrogen) atoms. The van der Waals surface area contributed by atoms with Crippen molar-refractivity contribution in [2.45, 2.75) is 44.8 Å². The van der Waals surface area contributed by atoms with E-state index in [1.807, 2.05) is 6.20 Å². The Morgan fingerprint density at radius 3 is 3.00 bits per heavy atom. The van der Waals surface area contributed by atoms with Crippen LogP contribution in [-0.4, -0.2) is 44.7 Å². The van der Waals surface area contributed by atoms with Gasteiger partial charge in [0.1, 0.15) is 5.69 Å². The Morgan fingerprint density at radius 1 is 1.33 bits per heavy atom. The lowest BCUT2D eigenvalue weighted by Gasteiger charge is -2.29. The zero-order chi connectivity index (χ0) is 16.4. The summed E-state index contributed by atoms with van der Waals surface area (Å²) in [5, 5.41) is 9.32. The summed E-state index contributed by atoms with van der Waals surface area (Å²) >= 11 is 1.45. The first-order valence-corrected chi connectivity index (χ1v) is 9.65. The van der Waals surface area contributed by atoms with Gasteiger partial charge >= 0.3 is 0 Å². The Morgan fingerprint density at radius 2 is 2.21 bits per heavy atom. The van der Waals surface area contributed by atoms with Gasteiger partial charge in [-0.15, -0.1) is 11.3 Å². The second-order valence-corrected chi connectivity index (χ2v) is 7.54. The van der Waals surface area contributed by atoms with Crippen molar-refractivity contribution in [1.82, 2.24) is 25.0 Å². The maximum absolute atomic E-state index is 12.2. The molecule has 0 bridgehead atoms. The molecular weight excluding hydrogens is 322 g/mol. The molecule has 4 rings (SSSR count). The maximum Gasteiger partial charge on any atom is 0.270 e. The Kier molecular flexibility index (Phi) is 4.62. The molecule has 1 aliphatic carbocycles. The van der Waals surface area contributed by atoms with Crippen LogP contribution in [0.4, 0.5) is 0 Å². The van der Waals surface area contributed by atoms with E-state index in [1.165, 1.54) is 42.7 Å². The molecule has 7 heteroatoms. The van der Waals surface area contributed by atoms with E-state index in [9.17, 15) is 4.79 Å². The van der Waals surface area contributed by atoms with Crippen molar-refractivity contribution in [3.63, 3.8) is 0 Å². The molecule has 1 saturated carbocycles. The van der Waals surface area contributed by atoms with Gasteiger partial charge in [0.25, 0.3) is 5.91 Å². The van der Waals surface area contributed by atoms with Crippen molar-refractivity contribution in [2.24, 2.45) is 5.92 Å². The van der Waals surface area contributed by atoms with E-state index in [-0.39, 0.29) is 5.91 Å². The first-order valence-electron chi connectivity index (χ1n) is 8.71. The third-order valence-electron chi connectivity index (χ3n) is 5.15. The quantitative estimate of drug-likeness (QED) is 0.922. The topological polar surface area (TPSA) is 63.1 Å². The zero-order valence-corrected chi connectivity index (χ0v) is 14.5. The summed E-state index contributed by atoms with van der Waals surface area (Å²) in [6.45, 7) is 3.52. The largest absolute Gasteiger partial charge is 0.350 e. The van der Waals surface area contributed by atoms with Crippen molar-refractivity contribution in [3.8, 4) is 0 Å². The molecule has 0 saturated heterocycles. The van der Waals surface area contributed by atoms with Crippen molar-refractivity contribution in [1.29, 1.82) is 0 Å². The van der Waals surface area contributed by atoms with Gasteiger partial charge in [-0.25, -0.2) is 4.98 Å². The van der Waals surface area contributed by atoms with Crippen molar-refractivity contribution < 1.29 is 4.79 Å². The van der Waals surface area contributed by atoms with Crippen LogP contribution in [0, 0.1) is 5.92 Å². The van der Waals surface area contributed by atoms with E-state index in [2.05, 4.69) is 31.0 Å². The minimum absolute atomic E-state index is 0.0754. The molecular formula is C17H23N5OS. The van der Waals surface area contributed by atoms with Crippen molar-refractivity contribution in [2.75, 3.05) is 13.1 Å². The summed E-state index contributed by atoms with van der Waals surface area (Å²) in [6.07, 6.45) is 7.16. The standard InChI is InChI=1S/C17H23N5OS/c23-17(16-11-24-12-19-16)18-7-13-8-21(14-3-1-2-4-14)10-15-5-6-20-22(15)9-13/h5-6,11-14H,1-4,7-10H2,(H,18,23). The molecule has 0 spiro atoms. The summed E-state index contributed by atoms with van der Waals surface area (Å²) in [6, 6.07) is 2.81. The fraction of sp³-hybridized carbons (Fsp3) is 0.588. The SMILES string of the molecule is O=C(NCC1CN(C2CCCC2)Cc2ccnn2C1)c1cscn1. The molecule has 1 aliphatic heterocycles. The fourth-order valence-electron chi connectivity index (χ4n) is 3.89. The third-order valence-corrected chi connectivity index (χ3v) is 5.74. The molecule has 6 nitrogen and oxygen atoms in total. The van der Waals surface area contributed by atoms with Gasteiger partial charge in [-0.05, 0) is 18.9 Å². The van der Waals surface area contributed by atoms with Crippen LogP contribution in [0.1, 0.15) is 41.9 Å². The summed E-state index contributed by atoms with van der Waals surface area (Å²) in [5.74, 6) is 0.294. The number of fused-ring (bicyclic) bond motifs is 1. The lowest BCUT2D eigenvalue weighted by Crippen LogP contribution is -2.40. The highest BCUT2D eigenvalue weighted by atomic mass is 32.1. The summed E-state index contributed by atoms with van der Waals surface area (Å²) in [7, 11) is 0. The molecule has 1 fully saturated rings. The molecule has 128 valence electrons. The van der Waals surface area contributed by atoms with Crippen LogP contribution in [0.5, 0.6) is 0 Å². The van der Waals surface area contributed by atoms with Gasteiger partial charge in [-0.2, -0.15) is 5.10 Å². The highest BCUT2D eigenvalue weighted by Gasteiger charge is 2.29. The lowest BCUT2D eigenvalue weighted by atomic mass is 10.1. The Balaban J connectivity index is 1.44. The second-order valence-electron chi connectivity index (χ2n) is 6.82. The van der Waals surface area contributed by atoms with Crippen LogP contribution >= 0.6 is 11.3 Å². The molecule has 1 atom stereocenters. The summed E-state index contributed by atoms with van der Waals surface area (Å²) in [4.78, 5) is 18.9. The normalized spacial score (nSPS) is 22.2. The summed E-state index contributed by atoms with van der Waals surface area (Å²) < 4.78 is 2.11. The van der Waals surface area contributed by atoms with Crippen molar-refractivity contribution in [3.05, 3.63) is 34.5 Å². The number of hydrogen-bond donors (Lipinski definition) is 1. The molecule has 0 radical (unpaired) electrons. The maximum atomic E-state index is 12.2. The van der Waals surface area contributed by atoms with Crippen LogP contribution in [0.3, 0.4) is 0 Å². The minimum Gasteiger partial charge on any atom is -0.350 e.